The first kappa shape index (κ1) is 43.1. The van der Waals surface area contributed by atoms with Crippen LogP contribution in [0.3, 0.4) is 0 Å². The Hall–Kier alpha value is -6.96. The summed E-state index contributed by atoms with van der Waals surface area (Å²) in [7, 11) is 1.47. The van der Waals surface area contributed by atoms with E-state index in [9.17, 15) is 48.4 Å². The third-order valence-corrected chi connectivity index (χ3v) is 10.2. The number of rotatable bonds is 12. The molecule has 6 aromatic rings. The quantitative estimate of drug-likeness (QED) is 0.0880. The van der Waals surface area contributed by atoms with E-state index >= 15 is 0 Å². The Morgan fingerprint density at radius 2 is 1.23 bits per heavy atom. The molecule has 2 unspecified atom stereocenters. The molecule has 2 aliphatic rings. The lowest BCUT2D eigenvalue weighted by Crippen LogP contribution is -2.40. The molecule has 6 heterocycles. The molecule has 8 rings (SSSR count). The number of methoxy groups -OCH3 is 1. The number of hydrogen-bond donors (Lipinski definition) is 5. The smallest absolute Gasteiger partial charge is 0.347 e. The summed E-state index contributed by atoms with van der Waals surface area (Å²) < 4.78 is 50.6. The van der Waals surface area contributed by atoms with Gasteiger partial charge in [-0.1, -0.05) is 24.3 Å². The molecule has 4 aromatic heterocycles. The number of benzene rings is 2. The van der Waals surface area contributed by atoms with Gasteiger partial charge in [0.1, 0.15) is 51.5 Å². The lowest BCUT2D eigenvalue weighted by molar-refractivity contribution is 0.0518. The van der Waals surface area contributed by atoms with E-state index < -0.39 is 57.8 Å². The van der Waals surface area contributed by atoms with Crippen LogP contribution in [0.5, 0.6) is 23.0 Å². The first-order valence-electron chi connectivity index (χ1n) is 19.4. The highest BCUT2D eigenvalue weighted by Gasteiger charge is 2.33. The zero-order chi connectivity index (χ0) is 44.2. The average Bonchev–Trinajstić information content (AvgIpc) is 3.27. The minimum Gasteiger partial charge on any atom is -0.505 e. The molecule has 0 aliphatic carbocycles. The zero-order valence-electron chi connectivity index (χ0n) is 33.4. The molecule has 0 spiro atoms. The van der Waals surface area contributed by atoms with E-state index in [0.717, 1.165) is 11.1 Å². The normalized spacial score (nSPS) is 15.0. The van der Waals surface area contributed by atoms with Crippen LogP contribution in [0.1, 0.15) is 49.9 Å². The Morgan fingerprint density at radius 1 is 0.774 bits per heavy atom. The first-order chi connectivity index (χ1) is 29.9. The van der Waals surface area contributed by atoms with Gasteiger partial charge in [0, 0.05) is 50.0 Å². The van der Waals surface area contributed by atoms with E-state index in [2.05, 4.69) is 15.3 Å². The van der Waals surface area contributed by atoms with Crippen molar-refractivity contribution >= 4 is 33.9 Å². The number of ether oxygens (including phenoxy) is 4. The highest BCUT2D eigenvalue weighted by Crippen LogP contribution is 2.39. The topological polar surface area (TPSA) is 234 Å². The highest BCUT2D eigenvalue weighted by atomic mass is 19.1. The largest absolute Gasteiger partial charge is 0.505 e. The summed E-state index contributed by atoms with van der Waals surface area (Å²) in [5.74, 6) is -2.99. The van der Waals surface area contributed by atoms with Crippen LogP contribution in [0.25, 0.3) is 22.1 Å². The van der Waals surface area contributed by atoms with Gasteiger partial charge in [-0.05, 0) is 42.3 Å². The third kappa shape index (κ3) is 8.37. The van der Waals surface area contributed by atoms with Crippen molar-refractivity contribution in [2.45, 2.75) is 45.1 Å². The minimum absolute atomic E-state index is 0.0147. The second-order valence-corrected chi connectivity index (χ2v) is 14.3. The lowest BCUT2D eigenvalue weighted by atomic mass is 10.0. The van der Waals surface area contributed by atoms with Gasteiger partial charge in [0.25, 0.3) is 17.0 Å². The summed E-state index contributed by atoms with van der Waals surface area (Å²) in [4.78, 5) is 59.6. The lowest BCUT2D eigenvalue weighted by Gasteiger charge is -2.28. The molecule has 0 bridgehead atoms. The Kier molecular flexibility index (Phi) is 12.8. The van der Waals surface area contributed by atoms with Crippen LogP contribution in [0, 0.1) is 11.6 Å². The van der Waals surface area contributed by atoms with Crippen molar-refractivity contribution in [3.63, 3.8) is 0 Å². The molecule has 0 saturated heterocycles. The van der Waals surface area contributed by atoms with Gasteiger partial charge in [0.15, 0.2) is 28.6 Å². The third-order valence-electron chi connectivity index (χ3n) is 10.2. The molecule has 2 aromatic carbocycles. The van der Waals surface area contributed by atoms with E-state index in [0.29, 0.717) is 24.0 Å². The maximum absolute atomic E-state index is 13.3. The molecule has 19 heteroatoms. The van der Waals surface area contributed by atoms with Crippen molar-refractivity contribution in [2.75, 3.05) is 40.1 Å². The van der Waals surface area contributed by atoms with Gasteiger partial charge in [0.2, 0.25) is 0 Å². The molecule has 0 radical (unpaired) electrons. The maximum atomic E-state index is 13.3. The fourth-order valence-electron chi connectivity index (χ4n) is 7.26. The van der Waals surface area contributed by atoms with Crippen molar-refractivity contribution in [1.82, 2.24) is 24.4 Å². The number of aromatic nitrogens is 4. The van der Waals surface area contributed by atoms with Crippen molar-refractivity contribution in [3.05, 3.63) is 127 Å². The van der Waals surface area contributed by atoms with Crippen molar-refractivity contribution in [3.8, 4) is 23.0 Å². The number of carbonyl (C=O) groups excluding carboxylic acids is 2. The van der Waals surface area contributed by atoms with Crippen LogP contribution >= 0.6 is 0 Å². The number of esters is 1. The summed E-state index contributed by atoms with van der Waals surface area (Å²) in [6.45, 7) is 1.27. The first-order valence-corrected chi connectivity index (χ1v) is 19.4. The SMILES string of the molecule is CCOC(=O)c1c(O)c2ncc(Cc3ccc(F)cc3)c3c2n(c1=O)CC(CO)O3.COCCNC(=O)c1c(O)c2ncc(Cc3ccc(F)cc3)c3c2n(c1=O)CC(CO)O3. The summed E-state index contributed by atoms with van der Waals surface area (Å²) in [6, 6.07) is 11.8. The van der Waals surface area contributed by atoms with Gasteiger partial charge in [-0.3, -0.25) is 33.5 Å². The Labute approximate surface area is 350 Å². The number of nitrogens with zero attached hydrogens (tertiary/aromatic N) is 4. The maximum Gasteiger partial charge on any atom is 0.347 e. The van der Waals surface area contributed by atoms with E-state index in [1.807, 2.05) is 0 Å². The molecule has 0 saturated carbocycles. The number of aromatic hydroxyl groups is 2. The number of carbonyl (C=O) groups is 2. The molecular formula is C43H41F2N5O12. The summed E-state index contributed by atoms with van der Waals surface area (Å²) in [5.41, 5.74) is 0.870. The van der Waals surface area contributed by atoms with Gasteiger partial charge in [-0.2, -0.15) is 0 Å². The van der Waals surface area contributed by atoms with Crippen LogP contribution in [0.15, 0.2) is 70.5 Å². The predicted molar refractivity (Wildman–Crippen MR) is 217 cm³/mol. The van der Waals surface area contributed by atoms with Crippen LogP contribution in [-0.2, 0) is 35.4 Å². The van der Waals surface area contributed by atoms with Crippen LogP contribution in [0.4, 0.5) is 8.78 Å². The minimum atomic E-state index is -0.948. The molecule has 17 nitrogen and oxygen atoms in total. The van der Waals surface area contributed by atoms with Gasteiger partial charge in [-0.25, -0.2) is 13.6 Å². The van der Waals surface area contributed by atoms with E-state index in [4.69, 9.17) is 18.9 Å². The van der Waals surface area contributed by atoms with Crippen molar-refractivity contribution < 1.29 is 57.7 Å². The fourth-order valence-corrected chi connectivity index (χ4v) is 7.26. The summed E-state index contributed by atoms with van der Waals surface area (Å²) in [6.07, 6.45) is 2.13. The Balaban J connectivity index is 0.000000187. The van der Waals surface area contributed by atoms with Crippen molar-refractivity contribution in [2.24, 2.45) is 0 Å². The fraction of sp³-hybridized carbons (Fsp3) is 0.302. The Bertz CT molecular complexity index is 2800. The molecule has 2 aliphatic heterocycles. The average molecular weight is 858 g/mol. The van der Waals surface area contributed by atoms with Gasteiger partial charge in [0.05, 0.1) is 39.5 Å². The van der Waals surface area contributed by atoms with Crippen LogP contribution in [0.2, 0.25) is 0 Å². The Morgan fingerprint density at radius 3 is 1.66 bits per heavy atom. The number of hydrogen-bond acceptors (Lipinski definition) is 14. The molecular weight excluding hydrogens is 816 g/mol. The number of amides is 1. The predicted octanol–water partition coefficient (Wildman–Crippen LogP) is 2.72. The molecule has 62 heavy (non-hydrogen) atoms. The summed E-state index contributed by atoms with van der Waals surface area (Å²) >= 11 is 0. The van der Waals surface area contributed by atoms with E-state index in [-0.39, 0.29) is 91.3 Å². The molecule has 324 valence electrons. The molecule has 1 amide bonds. The van der Waals surface area contributed by atoms with Crippen LogP contribution in [-0.4, -0.2) is 104 Å². The number of aliphatic hydroxyl groups excluding tert-OH is 2. The van der Waals surface area contributed by atoms with E-state index in [1.54, 1.807) is 31.2 Å². The zero-order valence-corrected chi connectivity index (χ0v) is 33.4. The number of pyridine rings is 4. The number of halogens is 2. The van der Waals surface area contributed by atoms with Crippen LogP contribution < -0.4 is 25.9 Å². The number of nitrogens with one attached hydrogen (secondary N) is 1. The number of aliphatic hydroxyl groups is 2. The van der Waals surface area contributed by atoms with Crippen molar-refractivity contribution in [1.29, 1.82) is 0 Å². The standard InChI is InChI=1S/C22H22FN3O6.C21H19FN2O6/c1-31-7-6-24-21(29)16-19(28)17-18-20(32-15(11-27)10-26(18)22(16)30)13(9-25-17)8-12-2-4-14(23)5-3-12;1-2-29-21(28)15-18(26)16-17-19(30-14(10-25)9-24(17)20(15)27)12(8-23-16)7-11-3-5-13(22)6-4-11/h2-5,9,15,27-28H,6-8,10-11H2,1H3,(H,24,29);3-6,8,14,25-26H,2,7,9-10H2,1H3. The highest BCUT2D eigenvalue weighted by molar-refractivity contribution is 6.03. The molecule has 2 atom stereocenters. The monoisotopic (exact) mass is 857 g/mol. The molecule has 0 fully saturated rings. The van der Waals surface area contributed by atoms with E-state index in [1.165, 1.54) is 52.9 Å². The second-order valence-electron chi connectivity index (χ2n) is 14.3. The van der Waals surface area contributed by atoms with Gasteiger partial charge >= 0.3 is 5.97 Å². The summed E-state index contributed by atoms with van der Waals surface area (Å²) in [5, 5.41) is 43.2. The van der Waals surface area contributed by atoms with Gasteiger partial charge < -0.3 is 44.7 Å². The molecule has 5 N–H and O–H groups in total. The second kappa shape index (κ2) is 18.3. The van der Waals surface area contributed by atoms with Gasteiger partial charge in [-0.15, -0.1) is 0 Å².